The third-order valence-electron chi connectivity index (χ3n) is 5.27. The summed E-state index contributed by atoms with van der Waals surface area (Å²) in [6, 6.07) is 10.1. The SMILES string of the molecule is CC1CCCC(N(C)C2Cc3ccccc3C2N)C1. The van der Waals surface area contributed by atoms with E-state index in [2.05, 4.69) is 43.1 Å². The molecule has 0 aliphatic heterocycles. The van der Waals surface area contributed by atoms with Gasteiger partial charge in [-0.3, -0.25) is 4.90 Å². The highest BCUT2D eigenvalue weighted by atomic mass is 15.2. The molecule has 3 rings (SSSR count). The molecule has 0 spiro atoms. The van der Waals surface area contributed by atoms with E-state index in [4.69, 9.17) is 5.73 Å². The van der Waals surface area contributed by atoms with Crippen LogP contribution in [0.2, 0.25) is 0 Å². The predicted molar refractivity (Wildman–Crippen MR) is 80.0 cm³/mol. The molecule has 4 unspecified atom stereocenters. The van der Waals surface area contributed by atoms with Crippen LogP contribution in [0.15, 0.2) is 24.3 Å². The lowest BCUT2D eigenvalue weighted by Gasteiger charge is -2.39. The Morgan fingerprint density at radius 1 is 1.21 bits per heavy atom. The summed E-state index contributed by atoms with van der Waals surface area (Å²) in [4.78, 5) is 2.58. The zero-order valence-corrected chi connectivity index (χ0v) is 12.2. The van der Waals surface area contributed by atoms with Crippen LogP contribution in [0.25, 0.3) is 0 Å². The molecule has 0 amide bonds. The first-order valence-electron chi connectivity index (χ1n) is 7.72. The lowest BCUT2D eigenvalue weighted by molar-refractivity contribution is 0.109. The van der Waals surface area contributed by atoms with Crippen LogP contribution < -0.4 is 5.73 Å². The van der Waals surface area contributed by atoms with E-state index < -0.39 is 0 Å². The average Bonchev–Trinajstić information content (AvgIpc) is 2.76. The van der Waals surface area contributed by atoms with Gasteiger partial charge in [0.05, 0.1) is 0 Å². The average molecular weight is 258 g/mol. The van der Waals surface area contributed by atoms with Crippen molar-refractivity contribution in [2.45, 2.75) is 57.2 Å². The van der Waals surface area contributed by atoms with Gasteiger partial charge in [0.25, 0.3) is 0 Å². The van der Waals surface area contributed by atoms with Crippen LogP contribution in [0.3, 0.4) is 0 Å². The van der Waals surface area contributed by atoms with Gasteiger partial charge >= 0.3 is 0 Å². The normalized spacial score (nSPS) is 34.5. The summed E-state index contributed by atoms with van der Waals surface area (Å²) in [6.45, 7) is 2.39. The topological polar surface area (TPSA) is 29.3 Å². The van der Waals surface area contributed by atoms with Gasteiger partial charge < -0.3 is 5.73 Å². The molecule has 0 aromatic heterocycles. The van der Waals surface area contributed by atoms with Crippen LogP contribution in [-0.2, 0) is 6.42 Å². The minimum Gasteiger partial charge on any atom is -0.323 e. The van der Waals surface area contributed by atoms with Crippen LogP contribution in [0.5, 0.6) is 0 Å². The molecule has 0 bridgehead atoms. The number of rotatable bonds is 2. The number of nitrogens with two attached hydrogens (primary N) is 1. The molecule has 2 heteroatoms. The van der Waals surface area contributed by atoms with Gasteiger partial charge in [-0.1, -0.05) is 44.0 Å². The number of hydrogen-bond donors (Lipinski definition) is 1. The number of likely N-dealkylation sites (N-methyl/N-ethyl adjacent to an activating group) is 1. The Labute approximate surface area is 117 Å². The van der Waals surface area contributed by atoms with E-state index in [1.807, 2.05) is 0 Å². The van der Waals surface area contributed by atoms with Crippen LogP contribution in [0, 0.1) is 5.92 Å². The second-order valence-electron chi connectivity index (χ2n) is 6.59. The van der Waals surface area contributed by atoms with Crippen molar-refractivity contribution >= 4 is 0 Å². The fourth-order valence-electron chi connectivity index (χ4n) is 4.04. The Hall–Kier alpha value is -0.860. The van der Waals surface area contributed by atoms with Crippen molar-refractivity contribution in [3.8, 4) is 0 Å². The monoisotopic (exact) mass is 258 g/mol. The number of fused-ring (bicyclic) bond motifs is 1. The lowest BCUT2D eigenvalue weighted by Crippen LogP contribution is -2.46. The van der Waals surface area contributed by atoms with Crippen molar-refractivity contribution in [3.05, 3.63) is 35.4 Å². The molecular weight excluding hydrogens is 232 g/mol. The molecule has 1 fully saturated rings. The summed E-state index contributed by atoms with van der Waals surface area (Å²) in [7, 11) is 2.29. The highest BCUT2D eigenvalue weighted by Crippen LogP contribution is 2.36. The molecule has 1 saturated carbocycles. The van der Waals surface area contributed by atoms with Crippen LogP contribution in [0.1, 0.15) is 49.8 Å². The van der Waals surface area contributed by atoms with Crippen molar-refractivity contribution in [1.29, 1.82) is 0 Å². The van der Waals surface area contributed by atoms with E-state index in [9.17, 15) is 0 Å². The van der Waals surface area contributed by atoms with Gasteiger partial charge in [0.2, 0.25) is 0 Å². The molecule has 0 radical (unpaired) electrons. The van der Waals surface area contributed by atoms with Crippen LogP contribution in [-0.4, -0.2) is 24.0 Å². The number of hydrogen-bond acceptors (Lipinski definition) is 2. The maximum absolute atomic E-state index is 6.49. The first-order chi connectivity index (χ1) is 9.16. The Morgan fingerprint density at radius 2 is 2.00 bits per heavy atom. The van der Waals surface area contributed by atoms with Crippen molar-refractivity contribution in [3.63, 3.8) is 0 Å². The smallest absolute Gasteiger partial charge is 0.0459 e. The quantitative estimate of drug-likeness (QED) is 0.883. The van der Waals surface area contributed by atoms with E-state index in [1.54, 1.807) is 0 Å². The third kappa shape index (κ3) is 2.44. The molecule has 2 aliphatic rings. The van der Waals surface area contributed by atoms with Crippen LogP contribution >= 0.6 is 0 Å². The molecule has 0 saturated heterocycles. The fourth-order valence-corrected chi connectivity index (χ4v) is 4.04. The standard InChI is InChI=1S/C17H26N2/c1-12-6-5-8-14(10-12)19(2)16-11-13-7-3-4-9-15(13)17(16)18/h3-4,7,9,12,14,16-17H,5-6,8,10-11,18H2,1-2H3. The van der Waals surface area contributed by atoms with Gasteiger partial charge in [-0.15, -0.1) is 0 Å². The van der Waals surface area contributed by atoms with Gasteiger partial charge in [0.1, 0.15) is 0 Å². The largest absolute Gasteiger partial charge is 0.323 e. The highest BCUT2D eigenvalue weighted by Gasteiger charge is 2.35. The zero-order chi connectivity index (χ0) is 13.4. The predicted octanol–water partition coefficient (Wildman–Crippen LogP) is 3.12. The second kappa shape index (κ2) is 5.26. The molecule has 2 N–H and O–H groups in total. The zero-order valence-electron chi connectivity index (χ0n) is 12.2. The summed E-state index contributed by atoms with van der Waals surface area (Å²) < 4.78 is 0. The number of nitrogens with zero attached hydrogens (tertiary/aromatic N) is 1. The van der Waals surface area contributed by atoms with E-state index >= 15 is 0 Å². The minimum absolute atomic E-state index is 0.193. The van der Waals surface area contributed by atoms with Crippen molar-refractivity contribution in [2.24, 2.45) is 11.7 Å². The van der Waals surface area contributed by atoms with E-state index in [0.29, 0.717) is 6.04 Å². The molecule has 2 nitrogen and oxygen atoms in total. The molecular formula is C17H26N2. The van der Waals surface area contributed by atoms with Gasteiger partial charge in [0.15, 0.2) is 0 Å². The maximum Gasteiger partial charge on any atom is 0.0459 e. The summed E-state index contributed by atoms with van der Waals surface area (Å²) in [5, 5.41) is 0. The van der Waals surface area contributed by atoms with Gasteiger partial charge in [-0.05, 0) is 43.4 Å². The fraction of sp³-hybridized carbons (Fsp3) is 0.647. The summed E-state index contributed by atoms with van der Waals surface area (Å²) >= 11 is 0. The van der Waals surface area contributed by atoms with Crippen molar-refractivity contribution < 1.29 is 0 Å². The molecule has 1 aromatic carbocycles. The van der Waals surface area contributed by atoms with Gasteiger partial charge in [-0.2, -0.15) is 0 Å². The summed E-state index contributed by atoms with van der Waals surface area (Å²) in [5.41, 5.74) is 9.31. The van der Waals surface area contributed by atoms with Crippen molar-refractivity contribution in [1.82, 2.24) is 4.90 Å². The molecule has 104 valence electrons. The Morgan fingerprint density at radius 3 is 2.74 bits per heavy atom. The molecule has 4 atom stereocenters. The Kier molecular flexibility index (Phi) is 3.64. The molecule has 2 aliphatic carbocycles. The van der Waals surface area contributed by atoms with Gasteiger partial charge in [-0.25, -0.2) is 0 Å². The highest BCUT2D eigenvalue weighted by molar-refractivity contribution is 5.36. The van der Waals surface area contributed by atoms with E-state index in [-0.39, 0.29) is 6.04 Å². The minimum atomic E-state index is 0.193. The van der Waals surface area contributed by atoms with Gasteiger partial charge in [0, 0.05) is 18.1 Å². The molecule has 0 heterocycles. The van der Waals surface area contributed by atoms with Crippen LogP contribution in [0.4, 0.5) is 0 Å². The summed E-state index contributed by atoms with van der Waals surface area (Å²) in [6.07, 6.45) is 6.60. The maximum atomic E-state index is 6.49. The second-order valence-corrected chi connectivity index (χ2v) is 6.59. The molecule has 1 aromatic rings. The Balaban J connectivity index is 1.74. The number of benzene rings is 1. The van der Waals surface area contributed by atoms with E-state index in [0.717, 1.165) is 18.4 Å². The molecule has 19 heavy (non-hydrogen) atoms. The summed E-state index contributed by atoms with van der Waals surface area (Å²) in [5.74, 6) is 0.876. The third-order valence-corrected chi connectivity index (χ3v) is 5.27. The lowest BCUT2D eigenvalue weighted by atomic mass is 9.85. The Bertz CT molecular complexity index is 443. The van der Waals surface area contributed by atoms with Crippen molar-refractivity contribution in [2.75, 3.05) is 7.05 Å². The first-order valence-corrected chi connectivity index (χ1v) is 7.72. The first kappa shape index (κ1) is 13.1. The van der Waals surface area contributed by atoms with E-state index in [1.165, 1.54) is 36.8 Å².